The zero-order valence-electron chi connectivity index (χ0n) is 14.3. The lowest BCUT2D eigenvalue weighted by atomic mass is 9.96. The molecule has 2 aliphatic heterocycles. The Balaban J connectivity index is 1.67. The zero-order chi connectivity index (χ0) is 17.2. The Bertz CT molecular complexity index is 825. The fraction of sp³-hybridized carbons (Fsp3) is 0.421. The van der Waals surface area contributed by atoms with Gasteiger partial charge in [0.25, 0.3) is 0 Å². The van der Waals surface area contributed by atoms with E-state index in [1.807, 2.05) is 18.2 Å². The van der Waals surface area contributed by atoms with Gasteiger partial charge in [0.15, 0.2) is 5.43 Å². The van der Waals surface area contributed by atoms with Gasteiger partial charge in [0, 0.05) is 36.3 Å². The van der Waals surface area contributed by atoms with Gasteiger partial charge in [-0.1, -0.05) is 12.1 Å². The summed E-state index contributed by atoms with van der Waals surface area (Å²) in [6, 6.07) is 9.32. The molecule has 2 aromatic rings. The van der Waals surface area contributed by atoms with E-state index in [1.54, 1.807) is 19.2 Å². The van der Waals surface area contributed by atoms with Crippen LogP contribution in [0, 0.1) is 0 Å². The summed E-state index contributed by atoms with van der Waals surface area (Å²) >= 11 is 0. The average Bonchev–Trinajstić information content (AvgIpc) is 2.66. The molecule has 0 aliphatic carbocycles. The van der Waals surface area contributed by atoms with Crippen LogP contribution in [0.15, 0.2) is 35.1 Å². The van der Waals surface area contributed by atoms with Crippen LogP contribution < -0.4 is 15.5 Å². The van der Waals surface area contributed by atoms with Crippen LogP contribution in [0.25, 0.3) is 11.3 Å². The maximum absolute atomic E-state index is 12.2. The first-order chi connectivity index (χ1) is 12.3. The highest BCUT2D eigenvalue weighted by molar-refractivity contribution is 5.70. The number of fused-ring (bicyclic) bond motifs is 3. The number of ether oxygens (including phenoxy) is 3. The Morgan fingerprint density at radius 3 is 3.04 bits per heavy atom. The van der Waals surface area contributed by atoms with Crippen molar-refractivity contribution in [2.45, 2.75) is 19.1 Å². The highest BCUT2D eigenvalue weighted by Gasteiger charge is 2.21. The smallest absolute Gasteiger partial charge is 0.184 e. The summed E-state index contributed by atoms with van der Waals surface area (Å²) in [6.45, 7) is 3.26. The molecule has 6 nitrogen and oxygen atoms in total. The third-order valence-electron chi connectivity index (χ3n) is 4.75. The van der Waals surface area contributed by atoms with Crippen LogP contribution in [0.3, 0.4) is 0 Å². The van der Waals surface area contributed by atoms with Gasteiger partial charge >= 0.3 is 0 Å². The number of pyridine rings is 1. The molecule has 6 heteroatoms. The Labute approximate surface area is 146 Å². The molecule has 0 spiro atoms. The van der Waals surface area contributed by atoms with Gasteiger partial charge in [-0.05, 0) is 12.5 Å². The first-order valence-electron chi connectivity index (χ1n) is 8.60. The van der Waals surface area contributed by atoms with Crippen molar-refractivity contribution in [2.75, 3.05) is 38.8 Å². The number of anilines is 1. The van der Waals surface area contributed by atoms with E-state index in [-0.39, 0.29) is 11.5 Å². The number of methoxy groups -OCH3 is 1. The second-order valence-corrected chi connectivity index (χ2v) is 6.30. The van der Waals surface area contributed by atoms with E-state index in [9.17, 15) is 4.79 Å². The minimum Gasteiger partial charge on any atom is -0.496 e. The van der Waals surface area contributed by atoms with Gasteiger partial charge in [0.05, 0.1) is 38.7 Å². The van der Waals surface area contributed by atoms with Crippen LogP contribution >= 0.6 is 0 Å². The van der Waals surface area contributed by atoms with Crippen LogP contribution in [0.4, 0.5) is 5.82 Å². The third kappa shape index (κ3) is 3.15. The molecule has 1 fully saturated rings. The number of benzene rings is 1. The van der Waals surface area contributed by atoms with Crippen LogP contribution in [-0.2, 0) is 22.4 Å². The van der Waals surface area contributed by atoms with Crippen LogP contribution in [0.1, 0.15) is 5.56 Å². The first kappa shape index (κ1) is 16.2. The molecule has 1 aromatic heterocycles. The van der Waals surface area contributed by atoms with E-state index < -0.39 is 0 Å². The molecular weight excluding hydrogens is 320 g/mol. The number of aromatic nitrogens is 1. The molecule has 3 heterocycles. The number of nitrogens with one attached hydrogen (secondary N) is 1. The van der Waals surface area contributed by atoms with E-state index in [1.165, 1.54) is 0 Å². The van der Waals surface area contributed by atoms with Crippen LogP contribution in [0.5, 0.6) is 5.75 Å². The quantitative estimate of drug-likeness (QED) is 0.920. The van der Waals surface area contributed by atoms with Crippen molar-refractivity contribution < 1.29 is 14.2 Å². The first-order valence-corrected chi connectivity index (χ1v) is 8.60. The minimum absolute atomic E-state index is 0.00904. The maximum atomic E-state index is 12.2. The van der Waals surface area contributed by atoms with E-state index in [0.29, 0.717) is 26.4 Å². The molecule has 0 bridgehead atoms. The Kier molecular flexibility index (Phi) is 4.46. The SMILES string of the molecule is COc1cccc2c1CCn1c(NCC3COCCO3)cc(=O)cc1-2. The molecule has 2 aliphatic rings. The summed E-state index contributed by atoms with van der Waals surface area (Å²) in [5, 5.41) is 3.37. The molecule has 0 amide bonds. The summed E-state index contributed by atoms with van der Waals surface area (Å²) in [6.07, 6.45) is 0.878. The lowest BCUT2D eigenvalue weighted by molar-refractivity contribution is -0.0819. The summed E-state index contributed by atoms with van der Waals surface area (Å²) < 4.78 is 18.7. The van der Waals surface area contributed by atoms with Crippen molar-refractivity contribution in [3.63, 3.8) is 0 Å². The van der Waals surface area contributed by atoms with Gasteiger partial charge in [-0.2, -0.15) is 0 Å². The van der Waals surface area contributed by atoms with Gasteiger partial charge in [-0.25, -0.2) is 0 Å². The highest BCUT2D eigenvalue weighted by atomic mass is 16.6. The Morgan fingerprint density at radius 1 is 1.32 bits per heavy atom. The maximum Gasteiger partial charge on any atom is 0.184 e. The van der Waals surface area contributed by atoms with Crippen molar-refractivity contribution in [2.24, 2.45) is 0 Å². The Morgan fingerprint density at radius 2 is 2.24 bits per heavy atom. The fourth-order valence-corrected chi connectivity index (χ4v) is 3.56. The fourth-order valence-electron chi connectivity index (χ4n) is 3.56. The molecular formula is C19H22N2O4. The zero-order valence-corrected chi connectivity index (χ0v) is 14.3. The third-order valence-corrected chi connectivity index (χ3v) is 4.75. The minimum atomic E-state index is -0.00904. The van der Waals surface area contributed by atoms with E-state index in [0.717, 1.165) is 41.4 Å². The lowest BCUT2D eigenvalue weighted by Gasteiger charge is -2.28. The molecule has 1 unspecified atom stereocenters. The molecule has 1 saturated heterocycles. The van der Waals surface area contributed by atoms with E-state index in [2.05, 4.69) is 9.88 Å². The normalized spacial score (nSPS) is 19.0. The number of rotatable bonds is 4. The van der Waals surface area contributed by atoms with Gasteiger partial charge in [-0.15, -0.1) is 0 Å². The molecule has 1 atom stereocenters. The Hall–Kier alpha value is -2.31. The standard InChI is InChI=1S/C19H22N2O4/c1-23-18-4-2-3-15-16(18)5-6-21-17(15)9-13(22)10-19(21)20-11-14-12-24-7-8-25-14/h2-4,9-10,14,20H,5-8,11-12H2,1H3. The second kappa shape index (κ2) is 6.90. The summed E-state index contributed by atoms with van der Waals surface area (Å²) in [5.41, 5.74) is 3.13. The number of hydrogen-bond acceptors (Lipinski definition) is 5. The van der Waals surface area contributed by atoms with E-state index >= 15 is 0 Å². The molecule has 4 rings (SSSR count). The molecule has 132 valence electrons. The molecule has 0 radical (unpaired) electrons. The van der Waals surface area contributed by atoms with Gasteiger partial charge in [-0.3, -0.25) is 4.79 Å². The van der Waals surface area contributed by atoms with Crippen molar-refractivity contribution >= 4 is 5.82 Å². The lowest BCUT2D eigenvalue weighted by Crippen LogP contribution is -2.35. The number of nitrogens with zero attached hydrogens (tertiary/aromatic N) is 1. The second-order valence-electron chi connectivity index (χ2n) is 6.30. The van der Waals surface area contributed by atoms with Gasteiger partial charge < -0.3 is 24.1 Å². The van der Waals surface area contributed by atoms with Gasteiger partial charge in [0.2, 0.25) is 0 Å². The number of hydrogen-bond donors (Lipinski definition) is 1. The summed E-state index contributed by atoms with van der Waals surface area (Å²) in [4.78, 5) is 12.2. The predicted octanol–water partition coefficient (Wildman–Crippen LogP) is 1.91. The average molecular weight is 342 g/mol. The molecule has 1 aromatic carbocycles. The van der Waals surface area contributed by atoms with Crippen molar-refractivity contribution in [1.82, 2.24) is 4.57 Å². The largest absolute Gasteiger partial charge is 0.496 e. The monoisotopic (exact) mass is 342 g/mol. The van der Waals surface area contributed by atoms with Crippen molar-refractivity contribution in [3.8, 4) is 17.0 Å². The molecule has 1 N–H and O–H groups in total. The highest BCUT2D eigenvalue weighted by Crippen LogP contribution is 2.35. The van der Waals surface area contributed by atoms with Crippen LogP contribution in [0.2, 0.25) is 0 Å². The topological polar surface area (TPSA) is 61.7 Å². The van der Waals surface area contributed by atoms with E-state index in [4.69, 9.17) is 14.2 Å². The van der Waals surface area contributed by atoms with Gasteiger partial charge in [0.1, 0.15) is 11.6 Å². The summed E-state index contributed by atoms with van der Waals surface area (Å²) in [7, 11) is 1.68. The van der Waals surface area contributed by atoms with Crippen LogP contribution in [-0.4, -0.2) is 44.1 Å². The molecule has 0 saturated carbocycles. The molecule has 25 heavy (non-hydrogen) atoms. The van der Waals surface area contributed by atoms with Crippen molar-refractivity contribution in [3.05, 3.63) is 46.1 Å². The summed E-state index contributed by atoms with van der Waals surface area (Å²) in [5.74, 6) is 1.70. The predicted molar refractivity (Wildman–Crippen MR) is 95.4 cm³/mol. The van der Waals surface area contributed by atoms with Crippen molar-refractivity contribution in [1.29, 1.82) is 0 Å².